The number of thioether (sulfide) groups is 1. The summed E-state index contributed by atoms with van der Waals surface area (Å²) >= 11 is 1.53. The number of aliphatic hydroxyl groups excluding tert-OH is 1. The average molecular weight is 492 g/mol. The lowest BCUT2D eigenvalue weighted by Crippen LogP contribution is -2.60. The number of carbonyl (C=O) groups is 4. The number of amides is 3. The maximum Gasteiger partial charge on any atom is 0.326 e. The molecule has 0 aliphatic heterocycles. The third-order valence-electron chi connectivity index (χ3n) is 4.93. The first-order valence-corrected chi connectivity index (χ1v) is 12.6. The van der Waals surface area contributed by atoms with Gasteiger partial charge in [-0.2, -0.15) is 11.8 Å². The molecule has 0 spiro atoms. The summed E-state index contributed by atoms with van der Waals surface area (Å²) < 4.78 is 0. The Morgan fingerprint density at radius 1 is 0.909 bits per heavy atom. The van der Waals surface area contributed by atoms with Crippen LogP contribution in [0, 0.1) is 5.92 Å². The second-order valence-corrected chi connectivity index (χ2v) is 9.48. The van der Waals surface area contributed by atoms with Gasteiger partial charge in [0.25, 0.3) is 0 Å². The van der Waals surface area contributed by atoms with Gasteiger partial charge in [-0.1, -0.05) is 13.8 Å². The number of aliphatic hydroxyl groups is 1. The molecule has 0 aromatic rings. The van der Waals surface area contributed by atoms with Gasteiger partial charge in [0.15, 0.2) is 0 Å². The van der Waals surface area contributed by atoms with Crippen LogP contribution in [-0.4, -0.2) is 82.7 Å². The lowest BCUT2D eigenvalue weighted by atomic mass is 10.0. The van der Waals surface area contributed by atoms with Crippen molar-refractivity contribution in [2.24, 2.45) is 17.4 Å². The molecular weight excluding hydrogens is 450 g/mol. The Labute approximate surface area is 200 Å². The summed E-state index contributed by atoms with van der Waals surface area (Å²) in [5.41, 5.74) is 11.3. The van der Waals surface area contributed by atoms with Crippen LogP contribution in [0.25, 0.3) is 0 Å². The second kappa shape index (κ2) is 16.7. The SMILES string of the molecule is CSCCC(N)C(=O)NC(C(=O)NC(CC(C)C)C(=O)NC(CCCCN)C(=O)O)C(C)O. The van der Waals surface area contributed by atoms with E-state index >= 15 is 0 Å². The Hall–Kier alpha value is -1.89. The van der Waals surface area contributed by atoms with Gasteiger partial charge >= 0.3 is 5.97 Å². The number of unbranched alkanes of at least 4 members (excludes halogenated alkanes) is 1. The molecule has 5 unspecified atom stereocenters. The summed E-state index contributed by atoms with van der Waals surface area (Å²) in [6.07, 6.45) is 2.64. The summed E-state index contributed by atoms with van der Waals surface area (Å²) in [7, 11) is 0. The van der Waals surface area contributed by atoms with Gasteiger partial charge in [-0.25, -0.2) is 4.79 Å². The van der Waals surface area contributed by atoms with Crippen LogP contribution >= 0.6 is 11.8 Å². The van der Waals surface area contributed by atoms with E-state index in [1.807, 2.05) is 20.1 Å². The Kier molecular flexibility index (Phi) is 15.7. The van der Waals surface area contributed by atoms with E-state index in [9.17, 15) is 29.4 Å². The van der Waals surface area contributed by atoms with Crippen molar-refractivity contribution in [2.45, 2.75) is 83.1 Å². The molecule has 192 valence electrons. The Balaban J connectivity index is 5.33. The first kappa shape index (κ1) is 31.1. The van der Waals surface area contributed by atoms with Crippen LogP contribution in [0.3, 0.4) is 0 Å². The Bertz CT molecular complexity index is 634. The summed E-state index contributed by atoms with van der Waals surface area (Å²) in [6, 6.07) is -4.32. The zero-order chi connectivity index (χ0) is 25.6. The maximum atomic E-state index is 12.8. The predicted octanol–water partition coefficient (Wildman–Crippen LogP) is -0.838. The van der Waals surface area contributed by atoms with Crippen molar-refractivity contribution in [1.29, 1.82) is 0 Å². The molecule has 12 heteroatoms. The van der Waals surface area contributed by atoms with Gasteiger partial charge in [0, 0.05) is 0 Å². The third kappa shape index (κ3) is 12.8. The molecule has 0 fully saturated rings. The largest absolute Gasteiger partial charge is 0.480 e. The monoisotopic (exact) mass is 491 g/mol. The number of hydrogen-bond acceptors (Lipinski definition) is 8. The molecule has 9 N–H and O–H groups in total. The fraction of sp³-hybridized carbons (Fsp3) is 0.810. The second-order valence-electron chi connectivity index (χ2n) is 8.49. The van der Waals surface area contributed by atoms with E-state index in [1.165, 1.54) is 18.7 Å². The van der Waals surface area contributed by atoms with Crippen molar-refractivity contribution in [3.63, 3.8) is 0 Å². The fourth-order valence-electron chi connectivity index (χ4n) is 3.03. The lowest BCUT2D eigenvalue weighted by molar-refractivity contribution is -0.142. The Morgan fingerprint density at radius 3 is 2.00 bits per heavy atom. The van der Waals surface area contributed by atoms with Gasteiger partial charge in [0.2, 0.25) is 17.7 Å². The summed E-state index contributed by atoms with van der Waals surface area (Å²) in [4.78, 5) is 49.5. The van der Waals surface area contributed by atoms with Crippen LogP contribution in [0.15, 0.2) is 0 Å². The van der Waals surface area contributed by atoms with Crippen molar-refractivity contribution in [3.05, 3.63) is 0 Å². The molecule has 5 atom stereocenters. The van der Waals surface area contributed by atoms with Crippen molar-refractivity contribution in [2.75, 3.05) is 18.6 Å². The minimum absolute atomic E-state index is 0.00104. The highest BCUT2D eigenvalue weighted by molar-refractivity contribution is 7.98. The number of aliphatic carboxylic acids is 1. The predicted molar refractivity (Wildman–Crippen MR) is 128 cm³/mol. The molecule has 0 aliphatic carbocycles. The fourth-order valence-corrected chi connectivity index (χ4v) is 3.52. The van der Waals surface area contributed by atoms with Crippen LogP contribution in [0.2, 0.25) is 0 Å². The minimum atomic E-state index is -1.32. The quantitative estimate of drug-likeness (QED) is 0.127. The highest BCUT2D eigenvalue weighted by Gasteiger charge is 2.32. The number of nitrogens with two attached hydrogens (primary N) is 2. The molecule has 0 heterocycles. The van der Waals surface area contributed by atoms with E-state index in [0.29, 0.717) is 31.6 Å². The van der Waals surface area contributed by atoms with E-state index in [2.05, 4.69) is 16.0 Å². The van der Waals surface area contributed by atoms with Gasteiger partial charge in [-0.05, 0) is 63.5 Å². The van der Waals surface area contributed by atoms with E-state index in [0.717, 1.165) is 0 Å². The highest BCUT2D eigenvalue weighted by Crippen LogP contribution is 2.09. The van der Waals surface area contributed by atoms with E-state index in [-0.39, 0.29) is 18.8 Å². The molecule has 33 heavy (non-hydrogen) atoms. The van der Waals surface area contributed by atoms with E-state index < -0.39 is 54.0 Å². The Morgan fingerprint density at radius 2 is 1.52 bits per heavy atom. The summed E-state index contributed by atoms with van der Waals surface area (Å²) in [5, 5.41) is 26.9. The molecule has 0 bridgehead atoms. The molecule has 3 amide bonds. The normalized spacial score (nSPS) is 15.8. The smallest absolute Gasteiger partial charge is 0.326 e. The minimum Gasteiger partial charge on any atom is -0.480 e. The topological polar surface area (TPSA) is 197 Å². The van der Waals surface area contributed by atoms with Gasteiger partial charge in [0.1, 0.15) is 18.1 Å². The number of carbonyl (C=O) groups excluding carboxylic acids is 3. The van der Waals surface area contributed by atoms with E-state index in [1.54, 1.807) is 0 Å². The van der Waals surface area contributed by atoms with Crippen LogP contribution in [0.1, 0.15) is 52.9 Å². The van der Waals surface area contributed by atoms with Crippen LogP contribution < -0.4 is 27.4 Å². The first-order valence-electron chi connectivity index (χ1n) is 11.2. The third-order valence-corrected chi connectivity index (χ3v) is 5.58. The van der Waals surface area contributed by atoms with Crippen LogP contribution in [0.4, 0.5) is 0 Å². The molecule has 0 aromatic carbocycles. The average Bonchev–Trinajstić information content (AvgIpc) is 2.73. The number of carboxylic acid groups (broad SMARTS) is 1. The van der Waals surface area contributed by atoms with Gasteiger partial charge in [-0.3, -0.25) is 14.4 Å². The molecular formula is C21H41N5O6S. The number of hydrogen-bond donors (Lipinski definition) is 7. The van der Waals surface area contributed by atoms with Gasteiger partial charge in [0.05, 0.1) is 12.1 Å². The van der Waals surface area contributed by atoms with Gasteiger partial charge in [-0.15, -0.1) is 0 Å². The number of carboxylic acids is 1. The molecule has 0 radical (unpaired) electrons. The van der Waals surface area contributed by atoms with E-state index in [4.69, 9.17) is 11.5 Å². The number of nitrogens with one attached hydrogen (secondary N) is 3. The van der Waals surface area contributed by atoms with Crippen molar-refractivity contribution < 1.29 is 29.4 Å². The van der Waals surface area contributed by atoms with Crippen molar-refractivity contribution in [1.82, 2.24) is 16.0 Å². The molecule has 11 nitrogen and oxygen atoms in total. The van der Waals surface area contributed by atoms with Gasteiger partial charge < -0.3 is 37.6 Å². The molecule has 0 rings (SSSR count). The molecule has 0 aliphatic rings. The van der Waals surface area contributed by atoms with Crippen molar-refractivity contribution >= 4 is 35.5 Å². The van der Waals surface area contributed by atoms with Crippen LogP contribution in [-0.2, 0) is 19.2 Å². The standard InChI is InChI=1S/C21H41N5O6S/c1-12(2)11-16(19(29)24-15(21(31)32)7-5-6-9-22)25-20(30)17(13(3)27)26-18(28)14(23)8-10-33-4/h12-17,27H,5-11,22-23H2,1-4H3,(H,24,29)(H,25,30)(H,26,28)(H,31,32). The van der Waals surface area contributed by atoms with Crippen molar-refractivity contribution in [3.8, 4) is 0 Å². The van der Waals surface area contributed by atoms with Crippen LogP contribution in [0.5, 0.6) is 0 Å². The molecule has 0 saturated carbocycles. The zero-order valence-corrected chi connectivity index (χ0v) is 20.8. The zero-order valence-electron chi connectivity index (χ0n) is 20.0. The molecule has 0 saturated heterocycles. The summed E-state index contributed by atoms with van der Waals surface area (Å²) in [5.74, 6) is -2.51. The molecule has 0 aromatic heterocycles. The summed E-state index contributed by atoms with van der Waals surface area (Å²) in [6.45, 7) is 5.45. The highest BCUT2D eigenvalue weighted by atomic mass is 32.2. The number of rotatable bonds is 17. The maximum absolute atomic E-state index is 12.8. The lowest BCUT2D eigenvalue weighted by Gasteiger charge is -2.27. The first-order chi connectivity index (χ1) is 15.4.